The first kappa shape index (κ1) is 92.5. The van der Waals surface area contributed by atoms with Crippen LogP contribution in [0.2, 0.25) is 0 Å². The van der Waals surface area contributed by atoms with Crippen LogP contribution in [-0.4, -0.2) is 96.7 Å². The van der Waals surface area contributed by atoms with E-state index in [1.807, 2.05) is 0 Å². The highest BCUT2D eigenvalue weighted by Gasteiger charge is 2.30. The second-order valence-electron chi connectivity index (χ2n) is 28.1. The first-order valence-electron chi connectivity index (χ1n) is 38.7. The standard InChI is InChI=1S/C76H144O17P2/c1-8-9-10-11-12-13-14-15-16-20-25-30-35-43-50-57-73(78)86-63-71(92-76(81)60-53-46-37-32-27-22-24-29-34-41-48-55-68(4)5)65-90-94(82,83)88-61-70(77)62-89-95(84,85)91-66-72(64-87-74(79)58-51-44-39-38-42-49-56-69(6)7)93-75(80)59-52-45-36-31-26-21-18-17-19-23-28-33-40-47-54-67(2)3/h13-16,67-72,77H,8-12,17-66H2,1-7H3,(H,82,83)(H,84,85)/b14-13-,16-15-/t70-,71-,72-/m1/s1. The van der Waals surface area contributed by atoms with Crippen molar-refractivity contribution in [2.24, 2.45) is 17.8 Å². The third-order valence-corrected chi connectivity index (χ3v) is 18.9. The number of carbonyl (C=O) groups excluding carboxylic acids is 4. The molecule has 0 spiro atoms. The van der Waals surface area contributed by atoms with Gasteiger partial charge in [-0.25, -0.2) is 9.13 Å². The van der Waals surface area contributed by atoms with E-state index in [0.29, 0.717) is 31.6 Å². The molecular formula is C76H144O17P2. The molecule has 0 amide bonds. The first-order valence-corrected chi connectivity index (χ1v) is 41.7. The molecule has 0 saturated carbocycles. The van der Waals surface area contributed by atoms with Gasteiger partial charge in [0.05, 0.1) is 26.4 Å². The van der Waals surface area contributed by atoms with Gasteiger partial charge in [0, 0.05) is 25.7 Å². The Balaban J connectivity index is 5.26. The molecule has 0 fully saturated rings. The van der Waals surface area contributed by atoms with Crippen LogP contribution >= 0.6 is 15.6 Å². The summed E-state index contributed by atoms with van der Waals surface area (Å²) in [6.07, 6.45) is 55.0. The topological polar surface area (TPSA) is 237 Å². The monoisotopic (exact) mass is 1390 g/mol. The summed E-state index contributed by atoms with van der Waals surface area (Å²) in [4.78, 5) is 72.8. The number of ether oxygens (including phenoxy) is 4. The molecule has 17 nitrogen and oxygen atoms in total. The molecule has 0 aromatic rings. The van der Waals surface area contributed by atoms with E-state index in [1.54, 1.807) is 0 Å². The normalized spacial score (nSPS) is 14.2. The first-order chi connectivity index (χ1) is 45.7. The minimum absolute atomic E-state index is 0.0992. The molecule has 0 aliphatic carbocycles. The van der Waals surface area contributed by atoms with Crippen molar-refractivity contribution in [3.05, 3.63) is 24.3 Å². The quantitative estimate of drug-likeness (QED) is 0.0169. The van der Waals surface area contributed by atoms with Gasteiger partial charge in [-0.05, 0) is 69.1 Å². The Morgan fingerprint density at radius 1 is 0.326 bits per heavy atom. The third kappa shape index (κ3) is 69.8. The van der Waals surface area contributed by atoms with E-state index in [9.17, 15) is 43.2 Å². The van der Waals surface area contributed by atoms with Crippen LogP contribution in [0.5, 0.6) is 0 Å². The molecule has 19 heteroatoms. The summed E-state index contributed by atoms with van der Waals surface area (Å²) >= 11 is 0. The number of carbonyl (C=O) groups is 4. The summed E-state index contributed by atoms with van der Waals surface area (Å²) in [6, 6.07) is 0. The van der Waals surface area contributed by atoms with Crippen LogP contribution in [0.1, 0.15) is 363 Å². The largest absolute Gasteiger partial charge is 0.472 e. The molecule has 0 aliphatic heterocycles. The highest BCUT2D eigenvalue weighted by atomic mass is 31.2. The summed E-state index contributed by atoms with van der Waals surface area (Å²) in [5.41, 5.74) is 0. The van der Waals surface area contributed by atoms with Gasteiger partial charge in [0.25, 0.3) is 0 Å². The van der Waals surface area contributed by atoms with Crippen molar-refractivity contribution in [1.29, 1.82) is 0 Å². The zero-order valence-electron chi connectivity index (χ0n) is 61.6. The second-order valence-corrected chi connectivity index (χ2v) is 31.0. The van der Waals surface area contributed by atoms with Crippen LogP contribution < -0.4 is 0 Å². The number of phosphoric acid groups is 2. The van der Waals surface area contributed by atoms with E-state index in [1.165, 1.54) is 148 Å². The van der Waals surface area contributed by atoms with Gasteiger partial charge < -0.3 is 33.8 Å². The highest BCUT2D eigenvalue weighted by molar-refractivity contribution is 7.47. The van der Waals surface area contributed by atoms with E-state index in [2.05, 4.69) is 72.8 Å². The van der Waals surface area contributed by atoms with E-state index in [0.717, 1.165) is 127 Å². The maximum Gasteiger partial charge on any atom is 0.472 e. The summed E-state index contributed by atoms with van der Waals surface area (Å²) < 4.78 is 68.4. The Labute approximate surface area is 580 Å². The molecule has 0 saturated heterocycles. The van der Waals surface area contributed by atoms with E-state index >= 15 is 0 Å². The Bertz CT molecular complexity index is 1950. The summed E-state index contributed by atoms with van der Waals surface area (Å²) in [5, 5.41) is 10.6. The lowest BCUT2D eigenvalue weighted by atomic mass is 10.0. The molecule has 0 aliphatic rings. The fraction of sp³-hybridized carbons (Fsp3) is 0.895. The van der Waals surface area contributed by atoms with Crippen molar-refractivity contribution in [3.63, 3.8) is 0 Å². The molecule has 2 unspecified atom stereocenters. The van der Waals surface area contributed by atoms with Gasteiger partial charge in [0.15, 0.2) is 12.2 Å². The molecule has 0 aromatic carbocycles. The summed E-state index contributed by atoms with van der Waals surface area (Å²) in [5.74, 6) is 0.0840. The zero-order valence-corrected chi connectivity index (χ0v) is 63.4. The Hall–Kier alpha value is -2.46. The van der Waals surface area contributed by atoms with Crippen molar-refractivity contribution in [2.45, 2.75) is 381 Å². The molecule has 0 bridgehead atoms. The van der Waals surface area contributed by atoms with E-state index < -0.39 is 97.5 Å². The minimum Gasteiger partial charge on any atom is -0.462 e. The molecule has 0 radical (unpaired) electrons. The van der Waals surface area contributed by atoms with Gasteiger partial charge in [0.2, 0.25) is 0 Å². The zero-order chi connectivity index (χ0) is 70.1. The van der Waals surface area contributed by atoms with Crippen molar-refractivity contribution < 1.29 is 80.2 Å². The van der Waals surface area contributed by atoms with Crippen molar-refractivity contribution in [3.8, 4) is 0 Å². The number of hydrogen-bond acceptors (Lipinski definition) is 15. The molecular weight excluding hydrogens is 1250 g/mol. The average molecular weight is 1390 g/mol. The van der Waals surface area contributed by atoms with Gasteiger partial charge in [0.1, 0.15) is 19.3 Å². The van der Waals surface area contributed by atoms with E-state index in [4.69, 9.17) is 37.0 Å². The van der Waals surface area contributed by atoms with Gasteiger partial charge in [-0.15, -0.1) is 0 Å². The molecule has 5 atom stereocenters. The van der Waals surface area contributed by atoms with Crippen molar-refractivity contribution >= 4 is 39.5 Å². The average Bonchev–Trinajstić information content (AvgIpc) is 1.70. The molecule has 3 N–H and O–H groups in total. The lowest BCUT2D eigenvalue weighted by molar-refractivity contribution is -0.161. The molecule has 95 heavy (non-hydrogen) atoms. The predicted molar refractivity (Wildman–Crippen MR) is 386 cm³/mol. The highest BCUT2D eigenvalue weighted by Crippen LogP contribution is 2.45. The van der Waals surface area contributed by atoms with Crippen molar-refractivity contribution in [2.75, 3.05) is 39.6 Å². The lowest BCUT2D eigenvalue weighted by Crippen LogP contribution is -2.30. The number of allylic oxidation sites excluding steroid dienone is 4. The van der Waals surface area contributed by atoms with Gasteiger partial charge >= 0.3 is 39.5 Å². The fourth-order valence-electron chi connectivity index (χ4n) is 11.1. The number of esters is 4. The molecule has 0 rings (SSSR count). The number of phosphoric ester groups is 2. The number of rotatable bonds is 72. The number of aliphatic hydroxyl groups excluding tert-OH is 1. The minimum atomic E-state index is -4.96. The summed E-state index contributed by atoms with van der Waals surface area (Å²) in [7, 11) is -9.92. The van der Waals surface area contributed by atoms with Gasteiger partial charge in [-0.1, -0.05) is 310 Å². The molecule has 0 aromatic heterocycles. The fourth-order valence-corrected chi connectivity index (χ4v) is 12.6. The maximum absolute atomic E-state index is 13.1. The third-order valence-electron chi connectivity index (χ3n) is 17.0. The van der Waals surface area contributed by atoms with Gasteiger partial charge in [-0.3, -0.25) is 37.3 Å². The van der Waals surface area contributed by atoms with Gasteiger partial charge in [-0.2, -0.15) is 0 Å². The Morgan fingerprint density at radius 3 is 0.853 bits per heavy atom. The smallest absolute Gasteiger partial charge is 0.462 e. The number of aliphatic hydroxyl groups is 1. The lowest BCUT2D eigenvalue weighted by Gasteiger charge is -2.21. The van der Waals surface area contributed by atoms with Crippen LogP contribution in [0.4, 0.5) is 0 Å². The second kappa shape index (κ2) is 66.1. The van der Waals surface area contributed by atoms with Crippen LogP contribution in [0, 0.1) is 17.8 Å². The Kier molecular flexibility index (Phi) is 64.4. The van der Waals surface area contributed by atoms with Crippen molar-refractivity contribution in [1.82, 2.24) is 0 Å². The maximum atomic E-state index is 13.1. The Morgan fingerprint density at radius 2 is 0.568 bits per heavy atom. The summed E-state index contributed by atoms with van der Waals surface area (Å²) in [6.45, 7) is 11.8. The number of hydrogen-bond donors (Lipinski definition) is 3. The predicted octanol–water partition coefficient (Wildman–Crippen LogP) is 21.7. The number of unbranched alkanes of at least 4 members (excludes halogenated alkanes) is 37. The van der Waals surface area contributed by atoms with Crippen LogP contribution in [0.25, 0.3) is 0 Å². The SMILES string of the molecule is CCCCCC/C=C\C=C/CCCCCCCC(=O)OC[C@H](COP(=O)(O)OC[C@@H](O)COP(=O)(O)OC[C@@H](COC(=O)CCCCCCCCC(C)C)OC(=O)CCCCCCCCCCCCCCCCC(C)C)OC(=O)CCCCCCCCCCCCCC(C)C. The van der Waals surface area contributed by atoms with Crippen LogP contribution in [0.3, 0.4) is 0 Å². The van der Waals surface area contributed by atoms with E-state index in [-0.39, 0.29) is 25.7 Å². The molecule has 0 heterocycles. The molecule has 560 valence electrons. The van der Waals surface area contributed by atoms with Crippen LogP contribution in [-0.2, 0) is 65.4 Å². The van der Waals surface area contributed by atoms with Crippen LogP contribution in [0.15, 0.2) is 24.3 Å².